The van der Waals surface area contributed by atoms with Crippen LogP contribution in [0.4, 0.5) is 4.39 Å². The molecule has 0 fully saturated rings. The van der Waals surface area contributed by atoms with E-state index in [9.17, 15) is 4.39 Å². The number of hydrogen-bond donors (Lipinski definition) is 2. The lowest BCUT2D eigenvalue weighted by Crippen LogP contribution is -1.81. The Balaban J connectivity index is 1.99. The predicted molar refractivity (Wildman–Crippen MR) is 68.9 cm³/mol. The van der Waals surface area contributed by atoms with Gasteiger partial charge in [0.1, 0.15) is 0 Å². The lowest BCUT2D eigenvalue weighted by Gasteiger charge is -1.99. The number of pyridine rings is 1. The van der Waals surface area contributed by atoms with Crippen LogP contribution in [0.2, 0.25) is 0 Å². The third-order valence-corrected chi connectivity index (χ3v) is 2.79. The van der Waals surface area contributed by atoms with Gasteiger partial charge in [-0.3, -0.25) is 10.1 Å². The number of phenols is 1. The normalized spacial score (nSPS) is 10.6. The van der Waals surface area contributed by atoms with E-state index >= 15 is 0 Å². The number of aromatic amines is 1. The van der Waals surface area contributed by atoms with Gasteiger partial charge in [-0.1, -0.05) is 0 Å². The molecular weight excluding hydrogens is 245 g/mol. The number of H-pyrrole nitrogens is 1. The summed E-state index contributed by atoms with van der Waals surface area (Å²) in [4.78, 5) is 4.02. The Kier molecular flexibility index (Phi) is 2.72. The number of benzene rings is 1. The minimum Gasteiger partial charge on any atom is -0.505 e. The molecule has 0 bridgehead atoms. The van der Waals surface area contributed by atoms with Crippen LogP contribution in [0.3, 0.4) is 0 Å². The van der Waals surface area contributed by atoms with E-state index in [1.807, 2.05) is 18.2 Å². The molecule has 2 heterocycles. The predicted octanol–water partition coefficient (Wildman–Crippen LogP) is 2.98. The summed E-state index contributed by atoms with van der Waals surface area (Å²) in [5, 5.41) is 16.2. The Hall–Kier alpha value is -2.69. The van der Waals surface area contributed by atoms with Gasteiger partial charge in [0, 0.05) is 23.5 Å². The maximum Gasteiger partial charge on any atom is 0.165 e. The second-order valence-corrected chi connectivity index (χ2v) is 4.07. The van der Waals surface area contributed by atoms with Crippen molar-refractivity contribution in [1.82, 2.24) is 15.2 Å². The Bertz CT molecular complexity index is 710. The monoisotopic (exact) mass is 255 g/mol. The van der Waals surface area contributed by atoms with E-state index in [0.717, 1.165) is 11.3 Å². The number of nitrogens with zero attached hydrogens (tertiary/aromatic N) is 2. The van der Waals surface area contributed by atoms with E-state index in [4.69, 9.17) is 5.11 Å². The molecule has 0 aliphatic heterocycles. The van der Waals surface area contributed by atoms with Crippen molar-refractivity contribution in [2.24, 2.45) is 0 Å². The van der Waals surface area contributed by atoms with E-state index in [-0.39, 0.29) is 5.75 Å². The van der Waals surface area contributed by atoms with Crippen molar-refractivity contribution in [3.63, 3.8) is 0 Å². The fourth-order valence-electron chi connectivity index (χ4n) is 1.81. The molecule has 0 atom stereocenters. The Morgan fingerprint density at radius 1 is 1.11 bits per heavy atom. The lowest BCUT2D eigenvalue weighted by molar-refractivity contribution is 0.432. The van der Waals surface area contributed by atoms with Crippen LogP contribution in [0.15, 0.2) is 48.8 Å². The molecule has 0 saturated heterocycles. The molecule has 0 saturated carbocycles. The van der Waals surface area contributed by atoms with E-state index in [1.165, 1.54) is 12.1 Å². The van der Waals surface area contributed by atoms with Crippen molar-refractivity contribution in [2.75, 3.05) is 0 Å². The zero-order chi connectivity index (χ0) is 13.2. The Labute approximate surface area is 108 Å². The first kappa shape index (κ1) is 11.4. The highest BCUT2D eigenvalue weighted by atomic mass is 19.1. The number of hydrogen-bond acceptors (Lipinski definition) is 3. The van der Waals surface area contributed by atoms with Crippen LogP contribution in [-0.2, 0) is 0 Å². The zero-order valence-electron chi connectivity index (χ0n) is 9.84. The first-order chi connectivity index (χ1) is 9.24. The number of aromatic hydroxyl groups is 1. The molecule has 3 aromatic rings. The first-order valence-corrected chi connectivity index (χ1v) is 5.69. The minimum absolute atomic E-state index is 0.365. The van der Waals surface area contributed by atoms with Crippen molar-refractivity contribution in [3.8, 4) is 28.3 Å². The number of phenolic OH excluding ortho intramolecular Hbond substituents is 1. The van der Waals surface area contributed by atoms with Gasteiger partial charge in [-0.05, 0) is 36.4 Å². The molecule has 19 heavy (non-hydrogen) atoms. The van der Waals surface area contributed by atoms with Crippen molar-refractivity contribution >= 4 is 0 Å². The molecule has 5 heteroatoms. The summed E-state index contributed by atoms with van der Waals surface area (Å²) in [5.41, 5.74) is 2.91. The van der Waals surface area contributed by atoms with Crippen LogP contribution in [0.25, 0.3) is 22.5 Å². The second kappa shape index (κ2) is 4.53. The molecule has 0 spiro atoms. The molecule has 2 N–H and O–H groups in total. The highest BCUT2D eigenvalue weighted by Crippen LogP contribution is 2.26. The Morgan fingerprint density at radius 3 is 2.74 bits per heavy atom. The van der Waals surface area contributed by atoms with E-state index < -0.39 is 5.82 Å². The van der Waals surface area contributed by atoms with Gasteiger partial charge < -0.3 is 5.11 Å². The maximum atomic E-state index is 13.3. The number of rotatable bonds is 2. The molecule has 4 nitrogen and oxygen atoms in total. The summed E-state index contributed by atoms with van der Waals surface area (Å²) in [7, 11) is 0. The average molecular weight is 255 g/mol. The minimum atomic E-state index is -0.657. The molecule has 0 radical (unpaired) electrons. The van der Waals surface area contributed by atoms with Gasteiger partial charge >= 0.3 is 0 Å². The van der Waals surface area contributed by atoms with Gasteiger partial charge in [-0.25, -0.2) is 4.39 Å². The van der Waals surface area contributed by atoms with Gasteiger partial charge in [0.2, 0.25) is 0 Å². The van der Waals surface area contributed by atoms with E-state index in [1.54, 1.807) is 18.5 Å². The number of halogens is 1. The fraction of sp³-hybridized carbons (Fsp3) is 0. The summed E-state index contributed by atoms with van der Waals surface area (Å²) in [6, 6.07) is 9.72. The third kappa shape index (κ3) is 2.18. The molecule has 3 rings (SSSR count). The zero-order valence-corrected chi connectivity index (χ0v) is 9.84. The second-order valence-electron chi connectivity index (χ2n) is 4.07. The van der Waals surface area contributed by atoms with Crippen LogP contribution in [0, 0.1) is 5.82 Å². The molecule has 0 unspecified atom stereocenters. The summed E-state index contributed by atoms with van der Waals surface area (Å²) in [6.07, 6.45) is 3.39. The largest absolute Gasteiger partial charge is 0.505 e. The standard InChI is InChI=1S/C14H10FN3O/c15-11-6-9(3-4-14(11)19)12-7-13(18-17-12)10-2-1-5-16-8-10/h1-8,19H,(H,17,18). The average Bonchev–Trinajstić information content (AvgIpc) is 2.93. The van der Waals surface area contributed by atoms with Gasteiger partial charge in [0.15, 0.2) is 11.6 Å². The fourth-order valence-corrected chi connectivity index (χ4v) is 1.81. The van der Waals surface area contributed by atoms with Crippen LogP contribution < -0.4 is 0 Å². The Morgan fingerprint density at radius 2 is 2.00 bits per heavy atom. The number of aromatic nitrogens is 3. The van der Waals surface area contributed by atoms with Crippen molar-refractivity contribution < 1.29 is 9.50 Å². The molecule has 1 aromatic carbocycles. The van der Waals surface area contributed by atoms with Gasteiger partial charge in [0.05, 0.1) is 11.4 Å². The molecule has 0 amide bonds. The van der Waals surface area contributed by atoms with E-state index in [0.29, 0.717) is 11.3 Å². The van der Waals surface area contributed by atoms with E-state index in [2.05, 4.69) is 15.2 Å². The van der Waals surface area contributed by atoms with Crippen molar-refractivity contribution in [3.05, 3.63) is 54.6 Å². The first-order valence-electron chi connectivity index (χ1n) is 5.69. The van der Waals surface area contributed by atoms with Gasteiger partial charge in [-0.2, -0.15) is 5.10 Å². The van der Waals surface area contributed by atoms with Crippen molar-refractivity contribution in [2.45, 2.75) is 0 Å². The van der Waals surface area contributed by atoms with Crippen LogP contribution in [0.1, 0.15) is 0 Å². The van der Waals surface area contributed by atoms with Crippen LogP contribution >= 0.6 is 0 Å². The summed E-state index contributed by atoms with van der Waals surface area (Å²) >= 11 is 0. The highest BCUT2D eigenvalue weighted by Gasteiger charge is 2.08. The summed E-state index contributed by atoms with van der Waals surface area (Å²) in [5.74, 6) is -1.02. The molecule has 94 valence electrons. The summed E-state index contributed by atoms with van der Waals surface area (Å²) < 4.78 is 13.3. The SMILES string of the molecule is Oc1ccc(-c2cc(-c3cccnc3)n[nH]2)cc1F. The van der Waals surface area contributed by atoms with Crippen LogP contribution in [0.5, 0.6) is 5.75 Å². The molecule has 0 aliphatic carbocycles. The number of nitrogens with one attached hydrogen (secondary N) is 1. The summed E-state index contributed by atoms with van der Waals surface area (Å²) in [6.45, 7) is 0. The highest BCUT2D eigenvalue weighted by molar-refractivity contribution is 5.68. The quantitative estimate of drug-likeness (QED) is 0.740. The van der Waals surface area contributed by atoms with Gasteiger partial charge in [-0.15, -0.1) is 0 Å². The third-order valence-electron chi connectivity index (χ3n) is 2.79. The topological polar surface area (TPSA) is 61.8 Å². The van der Waals surface area contributed by atoms with Crippen LogP contribution in [-0.4, -0.2) is 20.3 Å². The molecule has 2 aromatic heterocycles. The lowest BCUT2D eigenvalue weighted by atomic mass is 10.1. The smallest absolute Gasteiger partial charge is 0.165 e. The maximum absolute atomic E-state index is 13.3. The molecule has 0 aliphatic rings. The van der Waals surface area contributed by atoms with Crippen molar-refractivity contribution in [1.29, 1.82) is 0 Å². The molecular formula is C14H10FN3O. The van der Waals surface area contributed by atoms with Gasteiger partial charge in [0.25, 0.3) is 0 Å².